The molecule has 0 atom stereocenters. The normalized spacial score (nSPS) is 13.6. The van der Waals surface area contributed by atoms with Crippen molar-refractivity contribution in [2.75, 3.05) is 64.1 Å². The lowest BCUT2D eigenvalue weighted by Crippen LogP contribution is -2.46. The predicted molar refractivity (Wildman–Crippen MR) is 193 cm³/mol. The molecule has 0 spiro atoms. The average Bonchev–Trinajstić information content (AvgIpc) is 3.08. The molecule has 2 heterocycles. The second-order valence-corrected chi connectivity index (χ2v) is 13.0. The van der Waals surface area contributed by atoms with Crippen LogP contribution < -0.4 is 14.4 Å². The molecule has 1 fully saturated rings. The number of amides is 1. The van der Waals surface area contributed by atoms with Crippen LogP contribution in [0.1, 0.15) is 78.1 Å². The van der Waals surface area contributed by atoms with Gasteiger partial charge in [0.05, 0.1) is 27.9 Å². The van der Waals surface area contributed by atoms with E-state index in [2.05, 4.69) is 28.6 Å². The first-order chi connectivity index (χ1) is 23.0. The van der Waals surface area contributed by atoms with Gasteiger partial charge < -0.3 is 24.0 Å². The number of aromatic nitrogens is 1. The zero-order valence-electron chi connectivity index (χ0n) is 28.2. The zero-order chi connectivity index (χ0) is 33.3. The molecule has 0 aliphatic carbocycles. The first kappa shape index (κ1) is 36.9. The van der Waals surface area contributed by atoms with Crippen LogP contribution in [0.4, 0.5) is 10.5 Å². The molecule has 1 saturated heterocycles. The topological polar surface area (TPSA) is 67.4 Å². The van der Waals surface area contributed by atoms with Crippen molar-refractivity contribution in [2.45, 2.75) is 78.1 Å². The summed E-state index contributed by atoms with van der Waals surface area (Å²) in [6.45, 7) is 11.2. The van der Waals surface area contributed by atoms with E-state index in [0.29, 0.717) is 22.5 Å². The Morgan fingerprint density at radius 1 is 0.830 bits per heavy atom. The Hall–Kier alpha value is -2.94. The molecule has 1 amide bonds. The highest BCUT2D eigenvalue weighted by atomic mass is 35.5. The number of hydrogen-bond donors (Lipinski definition) is 0. The number of ether oxygens (including phenoxy) is 3. The molecule has 0 radical (unpaired) electrons. The smallest absolute Gasteiger partial charge is 0.412 e. The van der Waals surface area contributed by atoms with Crippen molar-refractivity contribution in [3.8, 4) is 11.6 Å². The second kappa shape index (κ2) is 20.4. The number of piperazine rings is 1. The largest absolute Gasteiger partial charge is 0.494 e. The summed E-state index contributed by atoms with van der Waals surface area (Å²) in [6.07, 6.45) is 10.7. The maximum Gasteiger partial charge on any atom is 0.412 e. The molecule has 0 N–H and O–H groups in total. The quantitative estimate of drug-likeness (QED) is 0.0866. The third kappa shape index (κ3) is 12.2. The van der Waals surface area contributed by atoms with Gasteiger partial charge in [0.2, 0.25) is 12.7 Å². The number of carbonyl (C=O) groups excluding carboxylic acids is 1. The van der Waals surface area contributed by atoms with E-state index in [9.17, 15) is 4.79 Å². The molecule has 258 valence electrons. The van der Waals surface area contributed by atoms with Crippen LogP contribution in [0, 0.1) is 0 Å². The first-order valence-corrected chi connectivity index (χ1v) is 18.2. The molecule has 0 bridgehead atoms. The van der Waals surface area contributed by atoms with Gasteiger partial charge in [0, 0.05) is 56.8 Å². The Morgan fingerprint density at radius 3 is 2.28 bits per heavy atom. The molecule has 1 aromatic heterocycles. The summed E-state index contributed by atoms with van der Waals surface area (Å²) in [6, 6.07) is 15.5. The maximum atomic E-state index is 12.8. The fourth-order valence-electron chi connectivity index (χ4n) is 5.81. The van der Waals surface area contributed by atoms with E-state index in [1.165, 1.54) is 25.7 Å². The van der Waals surface area contributed by atoms with Crippen molar-refractivity contribution < 1.29 is 19.0 Å². The lowest BCUT2D eigenvalue weighted by molar-refractivity contribution is 0.0324. The van der Waals surface area contributed by atoms with Crippen molar-refractivity contribution in [1.29, 1.82) is 0 Å². The summed E-state index contributed by atoms with van der Waals surface area (Å²) >= 11 is 12.6. The summed E-state index contributed by atoms with van der Waals surface area (Å²) in [5.74, 6) is 1.19. The van der Waals surface area contributed by atoms with E-state index in [4.69, 9.17) is 37.4 Å². The Morgan fingerprint density at radius 2 is 1.55 bits per heavy atom. The van der Waals surface area contributed by atoms with Crippen LogP contribution in [-0.4, -0.2) is 80.1 Å². The maximum absolute atomic E-state index is 12.8. The molecule has 0 saturated carbocycles. The van der Waals surface area contributed by atoms with Crippen LogP contribution in [0.5, 0.6) is 11.6 Å². The highest BCUT2D eigenvalue weighted by Crippen LogP contribution is 2.33. The van der Waals surface area contributed by atoms with Crippen LogP contribution in [0.2, 0.25) is 10.0 Å². The van der Waals surface area contributed by atoms with Gasteiger partial charge in [0.25, 0.3) is 0 Å². The highest BCUT2D eigenvalue weighted by Gasteiger charge is 2.19. The number of halogens is 2. The van der Waals surface area contributed by atoms with Crippen LogP contribution in [0.25, 0.3) is 10.9 Å². The molecule has 3 aromatic rings. The summed E-state index contributed by atoms with van der Waals surface area (Å²) < 4.78 is 17.3. The summed E-state index contributed by atoms with van der Waals surface area (Å²) in [4.78, 5) is 24.1. The van der Waals surface area contributed by atoms with E-state index in [1.54, 1.807) is 6.07 Å². The molecule has 47 heavy (non-hydrogen) atoms. The fraction of sp³-hybridized carbons (Fsp3) is 0.568. The Labute approximate surface area is 291 Å². The van der Waals surface area contributed by atoms with Gasteiger partial charge in [-0.05, 0) is 62.6 Å². The number of fused-ring (bicyclic) bond motifs is 1. The average molecular weight is 688 g/mol. The lowest BCUT2D eigenvalue weighted by Gasteiger charge is -2.36. The molecule has 2 aromatic carbocycles. The molecule has 1 aliphatic heterocycles. The van der Waals surface area contributed by atoms with Crippen molar-refractivity contribution in [1.82, 2.24) is 14.8 Å². The molecule has 10 heteroatoms. The zero-order valence-corrected chi connectivity index (χ0v) is 29.7. The minimum absolute atomic E-state index is 0.169. The third-order valence-corrected chi connectivity index (χ3v) is 9.44. The van der Waals surface area contributed by atoms with Crippen LogP contribution in [0.15, 0.2) is 48.5 Å². The standard InChI is InChI=1S/C37H52Cl2N4O4/c1-3-5-7-9-21-43(22-10-8-6-4-2)37(44)47-29-46-35-19-17-30-16-18-31(28-33(30)40-35)45-27-12-11-20-41-23-25-42(26-24-41)34-15-13-14-32(38)36(34)39/h13-19,28H,3-12,20-27,29H2,1-2H3. The van der Waals surface area contributed by atoms with Gasteiger partial charge in [0.1, 0.15) is 5.75 Å². The number of anilines is 1. The summed E-state index contributed by atoms with van der Waals surface area (Å²) in [7, 11) is 0. The predicted octanol–water partition coefficient (Wildman–Crippen LogP) is 9.46. The van der Waals surface area contributed by atoms with Gasteiger partial charge in [-0.3, -0.25) is 4.90 Å². The van der Waals surface area contributed by atoms with E-state index < -0.39 is 0 Å². The SMILES string of the molecule is CCCCCCN(CCCCCC)C(=O)OCOc1ccc2ccc(OCCCCN3CCN(c4cccc(Cl)c4Cl)CC3)cc2n1. The molecule has 4 rings (SSSR count). The van der Waals surface area contributed by atoms with E-state index in [0.717, 1.165) is 107 Å². The number of unbranched alkanes of at least 4 members (excludes halogenated alkanes) is 7. The van der Waals surface area contributed by atoms with Crippen molar-refractivity contribution in [2.24, 2.45) is 0 Å². The lowest BCUT2D eigenvalue weighted by atomic mass is 10.2. The van der Waals surface area contributed by atoms with E-state index in [-0.39, 0.29) is 12.9 Å². The highest BCUT2D eigenvalue weighted by molar-refractivity contribution is 6.43. The summed E-state index contributed by atoms with van der Waals surface area (Å²) in [5, 5.41) is 2.23. The molecule has 8 nitrogen and oxygen atoms in total. The van der Waals surface area contributed by atoms with Crippen LogP contribution in [-0.2, 0) is 4.74 Å². The number of hydrogen-bond acceptors (Lipinski definition) is 7. The number of pyridine rings is 1. The molecular weight excluding hydrogens is 635 g/mol. The number of nitrogens with zero attached hydrogens (tertiary/aromatic N) is 4. The van der Waals surface area contributed by atoms with Gasteiger partial charge in [-0.2, -0.15) is 0 Å². The fourth-order valence-corrected chi connectivity index (χ4v) is 6.22. The molecule has 0 unspecified atom stereocenters. The van der Waals surface area contributed by atoms with Gasteiger partial charge in [-0.15, -0.1) is 0 Å². The van der Waals surface area contributed by atoms with Crippen molar-refractivity contribution in [3.05, 3.63) is 58.6 Å². The van der Waals surface area contributed by atoms with Crippen molar-refractivity contribution >= 4 is 45.9 Å². The summed E-state index contributed by atoms with van der Waals surface area (Å²) in [5.41, 5.74) is 1.79. The van der Waals surface area contributed by atoms with Crippen molar-refractivity contribution in [3.63, 3.8) is 0 Å². The molecular formula is C37H52Cl2N4O4. The third-order valence-electron chi connectivity index (χ3n) is 8.63. The minimum Gasteiger partial charge on any atom is -0.494 e. The van der Waals surface area contributed by atoms with E-state index in [1.807, 2.05) is 47.4 Å². The number of carbonyl (C=O) groups is 1. The van der Waals surface area contributed by atoms with Gasteiger partial charge in [0.15, 0.2) is 0 Å². The second-order valence-electron chi connectivity index (χ2n) is 12.2. The molecule has 1 aliphatic rings. The van der Waals surface area contributed by atoms with Crippen LogP contribution >= 0.6 is 23.2 Å². The van der Waals surface area contributed by atoms with Gasteiger partial charge in [-0.1, -0.05) is 81.6 Å². The number of rotatable bonds is 20. The first-order valence-electron chi connectivity index (χ1n) is 17.5. The number of benzene rings is 2. The Balaban J connectivity index is 1.16. The minimum atomic E-state index is -0.320. The van der Waals surface area contributed by atoms with Gasteiger partial charge >= 0.3 is 6.09 Å². The Kier molecular flexibility index (Phi) is 16.0. The van der Waals surface area contributed by atoms with Crippen LogP contribution in [0.3, 0.4) is 0 Å². The van der Waals surface area contributed by atoms with Gasteiger partial charge in [-0.25, -0.2) is 9.78 Å². The van der Waals surface area contributed by atoms with E-state index >= 15 is 0 Å². The Bertz CT molecular complexity index is 1360. The monoisotopic (exact) mass is 686 g/mol.